The van der Waals surface area contributed by atoms with Crippen LogP contribution in [0.4, 0.5) is 0 Å². The van der Waals surface area contributed by atoms with E-state index < -0.39 is 5.54 Å². The van der Waals surface area contributed by atoms with Crippen LogP contribution in [0.5, 0.6) is 0 Å². The average Bonchev–Trinajstić information content (AvgIpc) is 3.24. The van der Waals surface area contributed by atoms with Crippen LogP contribution in [0.1, 0.15) is 29.0 Å². The van der Waals surface area contributed by atoms with Crippen molar-refractivity contribution in [2.45, 2.75) is 18.4 Å². The highest BCUT2D eigenvalue weighted by molar-refractivity contribution is 7.07. The molecule has 0 spiro atoms. The normalized spacial score (nSPS) is 20.9. The van der Waals surface area contributed by atoms with Gasteiger partial charge in [-0.15, -0.1) is 11.3 Å². The number of rotatable bonds is 3. The fourth-order valence-corrected chi connectivity index (χ4v) is 3.41. The van der Waals surface area contributed by atoms with Crippen molar-refractivity contribution < 1.29 is 9.59 Å². The largest absolute Gasteiger partial charge is 0.357 e. The molecule has 2 aromatic heterocycles. The number of hydrogen-bond acceptors (Lipinski definition) is 6. The predicted octanol–water partition coefficient (Wildman–Crippen LogP) is 0.811. The molecule has 0 bridgehead atoms. The second kappa shape index (κ2) is 5.80. The Kier molecular flexibility index (Phi) is 3.84. The SMILES string of the molecule is CNC(=O)C1(c2cnccn2)CCCN1C(=O)c1cscn1. The molecule has 1 N–H and O–H groups in total. The third kappa shape index (κ3) is 2.16. The molecule has 1 unspecified atom stereocenters. The van der Waals surface area contributed by atoms with Gasteiger partial charge in [-0.2, -0.15) is 0 Å². The Balaban J connectivity index is 2.08. The van der Waals surface area contributed by atoms with Gasteiger partial charge in [-0.1, -0.05) is 0 Å². The lowest BCUT2D eigenvalue weighted by Crippen LogP contribution is -2.55. The van der Waals surface area contributed by atoms with Crippen LogP contribution in [0.15, 0.2) is 29.5 Å². The lowest BCUT2D eigenvalue weighted by atomic mass is 9.90. The smallest absolute Gasteiger partial charge is 0.274 e. The minimum atomic E-state index is -1.12. The second-order valence-corrected chi connectivity index (χ2v) is 5.68. The van der Waals surface area contributed by atoms with E-state index in [1.54, 1.807) is 35.2 Å². The molecule has 1 aliphatic rings. The van der Waals surface area contributed by atoms with Crippen LogP contribution in [0.25, 0.3) is 0 Å². The molecule has 22 heavy (non-hydrogen) atoms. The van der Waals surface area contributed by atoms with Gasteiger partial charge in [0.05, 0.1) is 17.4 Å². The van der Waals surface area contributed by atoms with Gasteiger partial charge >= 0.3 is 0 Å². The van der Waals surface area contributed by atoms with Crippen LogP contribution >= 0.6 is 11.3 Å². The molecular weight excluding hydrogens is 302 g/mol. The van der Waals surface area contributed by atoms with Crippen LogP contribution in [-0.4, -0.2) is 45.3 Å². The number of nitrogens with zero attached hydrogens (tertiary/aromatic N) is 4. The van der Waals surface area contributed by atoms with E-state index in [4.69, 9.17) is 0 Å². The molecule has 0 aromatic carbocycles. The summed E-state index contributed by atoms with van der Waals surface area (Å²) in [6.45, 7) is 0.486. The van der Waals surface area contributed by atoms with Crippen LogP contribution in [0.3, 0.4) is 0 Å². The summed E-state index contributed by atoms with van der Waals surface area (Å²) >= 11 is 1.35. The first-order chi connectivity index (χ1) is 10.7. The minimum Gasteiger partial charge on any atom is -0.357 e. The summed E-state index contributed by atoms with van der Waals surface area (Å²) in [4.78, 5) is 39.3. The molecule has 0 radical (unpaired) electrons. The van der Waals surface area contributed by atoms with Gasteiger partial charge in [0.2, 0.25) is 0 Å². The zero-order valence-electron chi connectivity index (χ0n) is 12.0. The van der Waals surface area contributed by atoms with Gasteiger partial charge in [0.15, 0.2) is 5.54 Å². The first kappa shape index (κ1) is 14.6. The van der Waals surface area contributed by atoms with E-state index in [0.717, 1.165) is 6.42 Å². The highest BCUT2D eigenvalue weighted by Crippen LogP contribution is 2.38. The number of likely N-dealkylation sites (tertiary alicyclic amines) is 1. The molecule has 1 aliphatic heterocycles. The average molecular weight is 317 g/mol. The Hall–Kier alpha value is -2.35. The number of carbonyl (C=O) groups is 2. The zero-order valence-corrected chi connectivity index (χ0v) is 12.8. The molecule has 3 heterocycles. The highest BCUT2D eigenvalue weighted by Gasteiger charge is 2.52. The van der Waals surface area contributed by atoms with Gasteiger partial charge in [0, 0.05) is 31.4 Å². The van der Waals surface area contributed by atoms with Crippen LogP contribution in [0.2, 0.25) is 0 Å². The summed E-state index contributed by atoms with van der Waals surface area (Å²) in [6, 6.07) is 0. The van der Waals surface area contributed by atoms with Gasteiger partial charge in [0.1, 0.15) is 5.69 Å². The van der Waals surface area contributed by atoms with Crippen molar-refractivity contribution in [3.63, 3.8) is 0 Å². The molecule has 2 aromatic rings. The number of carbonyl (C=O) groups excluding carboxylic acids is 2. The maximum atomic E-state index is 12.8. The number of aromatic nitrogens is 3. The van der Waals surface area contributed by atoms with E-state index >= 15 is 0 Å². The van der Waals surface area contributed by atoms with Crippen molar-refractivity contribution >= 4 is 23.2 Å². The maximum Gasteiger partial charge on any atom is 0.274 e. The standard InChI is InChI=1S/C14H15N5O2S/c1-15-13(21)14(11-7-16-4-5-17-11)3-2-6-19(14)12(20)10-8-22-9-18-10/h4-5,7-9H,2-3,6H2,1H3,(H,15,21). The fourth-order valence-electron chi connectivity index (χ4n) is 2.89. The van der Waals surface area contributed by atoms with Crippen molar-refractivity contribution in [2.24, 2.45) is 0 Å². The quantitative estimate of drug-likeness (QED) is 0.905. The molecule has 0 aliphatic carbocycles. The number of thiazole rings is 1. The van der Waals surface area contributed by atoms with Crippen molar-refractivity contribution in [3.8, 4) is 0 Å². The van der Waals surface area contributed by atoms with Crippen molar-refractivity contribution in [1.29, 1.82) is 0 Å². The third-order valence-corrected chi connectivity index (χ3v) is 4.45. The van der Waals surface area contributed by atoms with Gasteiger partial charge in [-0.05, 0) is 12.8 Å². The first-order valence-electron chi connectivity index (χ1n) is 6.89. The molecule has 0 saturated carbocycles. The Morgan fingerprint density at radius 2 is 2.23 bits per heavy atom. The predicted molar refractivity (Wildman–Crippen MR) is 80.2 cm³/mol. The van der Waals surface area contributed by atoms with E-state index in [1.165, 1.54) is 17.5 Å². The Morgan fingerprint density at radius 1 is 1.36 bits per heavy atom. The van der Waals surface area contributed by atoms with Crippen LogP contribution in [0, 0.1) is 0 Å². The summed E-state index contributed by atoms with van der Waals surface area (Å²) in [5, 5.41) is 4.34. The van der Waals surface area contributed by atoms with E-state index in [1.807, 2.05) is 0 Å². The first-order valence-corrected chi connectivity index (χ1v) is 7.83. The van der Waals surface area contributed by atoms with Crippen molar-refractivity contribution in [3.05, 3.63) is 40.9 Å². The van der Waals surface area contributed by atoms with E-state index in [9.17, 15) is 9.59 Å². The molecular formula is C14H15N5O2S. The molecule has 2 amide bonds. The van der Waals surface area contributed by atoms with E-state index in [0.29, 0.717) is 24.4 Å². The monoisotopic (exact) mass is 317 g/mol. The summed E-state index contributed by atoms with van der Waals surface area (Å²) in [6.07, 6.45) is 5.86. The van der Waals surface area contributed by atoms with Crippen molar-refractivity contribution in [2.75, 3.05) is 13.6 Å². The van der Waals surface area contributed by atoms with E-state index in [2.05, 4.69) is 20.3 Å². The summed E-state index contributed by atoms with van der Waals surface area (Å²) < 4.78 is 0. The number of nitrogens with one attached hydrogen (secondary N) is 1. The molecule has 1 atom stereocenters. The molecule has 3 rings (SSSR count). The summed E-state index contributed by atoms with van der Waals surface area (Å²) in [5.41, 5.74) is 1.32. The molecule has 7 nitrogen and oxygen atoms in total. The molecule has 8 heteroatoms. The Bertz CT molecular complexity index is 676. The Morgan fingerprint density at radius 3 is 2.86 bits per heavy atom. The van der Waals surface area contributed by atoms with Crippen molar-refractivity contribution in [1.82, 2.24) is 25.2 Å². The third-order valence-electron chi connectivity index (χ3n) is 3.87. The fraction of sp³-hybridized carbons (Fsp3) is 0.357. The number of likely N-dealkylation sites (N-methyl/N-ethyl adjacent to an activating group) is 1. The molecule has 1 fully saturated rings. The minimum absolute atomic E-state index is 0.255. The number of amides is 2. The van der Waals surface area contributed by atoms with Crippen LogP contribution in [-0.2, 0) is 10.3 Å². The Labute approximate surface area is 131 Å². The summed E-state index contributed by atoms with van der Waals surface area (Å²) in [7, 11) is 1.56. The van der Waals surface area contributed by atoms with Gasteiger partial charge in [-0.3, -0.25) is 19.6 Å². The zero-order chi connectivity index (χ0) is 15.6. The maximum absolute atomic E-state index is 12.8. The van der Waals surface area contributed by atoms with Gasteiger partial charge < -0.3 is 10.2 Å². The topological polar surface area (TPSA) is 88.1 Å². The van der Waals surface area contributed by atoms with E-state index in [-0.39, 0.29) is 11.8 Å². The second-order valence-electron chi connectivity index (χ2n) is 4.96. The van der Waals surface area contributed by atoms with Gasteiger partial charge in [0.25, 0.3) is 11.8 Å². The lowest BCUT2D eigenvalue weighted by Gasteiger charge is -2.35. The van der Waals surface area contributed by atoms with Gasteiger partial charge in [-0.25, -0.2) is 4.98 Å². The lowest BCUT2D eigenvalue weighted by molar-refractivity contribution is -0.131. The van der Waals surface area contributed by atoms with Crippen LogP contribution < -0.4 is 5.32 Å². The number of hydrogen-bond donors (Lipinski definition) is 1. The molecule has 1 saturated heterocycles. The summed E-state index contributed by atoms with van der Waals surface area (Å²) in [5.74, 6) is -0.512. The highest BCUT2D eigenvalue weighted by atomic mass is 32.1. The molecule has 114 valence electrons.